The number of carbonyl (C=O) groups is 4. The lowest BCUT2D eigenvalue weighted by molar-refractivity contribution is -0.145. The summed E-state index contributed by atoms with van der Waals surface area (Å²) in [6, 6.07) is 0. The molecule has 0 amide bonds. The monoisotopic (exact) mass is 242 g/mol. The highest BCUT2D eigenvalue weighted by Crippen LogP contribution is 1.98. The molecule has 0 rings (SSSR count). The largest absolute Gasteiger partial charge is 0.455 e. The van der Waals surface area contributed by atoms with Crippen LogP contribution in [0, 0.1) is 0 Å². The molecule has 0 bridgehead atoms. The molecular weight excluding hydrogens is 228 g/mol. The maximum atomic E-state index is 11.2. The van der Waals surface area contributed by atoms with Crippen molar-refractivity contribution in [1.29, 1.82) is 0 Å². The molecule has 0 radical (unpaired) electrons. The standard InChI is InChI=1S/C11H14O6/c1-7(11(15)17-6-9(3)13)4-10(14)16-5-8(2)12/h4H,5-6H2,1-3H3/b7-4-. The number of rotatable bonds is 6. The quantitative estimate of drug-likeness (QED) is 0.488. The third-order valence-electron chi connectivity index (χ3n) is 1.48. The number of ketones is 2. The molecule has 0 aliphatic heterocycles. The molecular formula is C11H14O6. The molecule has 0 fully saturated rings. The Morgan fingerprint density at radius 3 is 1.82 bits per heavy atom. The van der Waals surface area contributed by atoms with Crippen molar-refractivity contribution in [2.75, 3.05) is 13.2 Å². The van der Waals surface area contributed by atoms with E-state index in [2.05, 4.69) is 9.47 Å². The van der Waals surface area contributed by atoms with Gasteiger partial charge in [-0.2, -0.15) is 0 Å². The highest BCUT2D eigenvalue weighted by Gasteiger charge is 2.10. The average molecular weight is 242 g/mol. The van der Waals surface area contributed by atoms with E-state index in [0.717, 1.165) is 6.08 Å². The van der Waals surface area contributed by atoms with E-state index in [1.54, 1.807) is 0 Å². The second-order valence-corrected chi connectivity index (χ2v) is 3.42. The average Bonchev–Trinajstić information content (AvgIpc) is 2.22. The number of ether oxygens (including phenoxy) is 2. The first-order chi connectivity index (χ1) is 7.82. The smallest absolute Gasteiger partial charge is 0.334 e. The van der Waals surface area contributed by atoms with Gasteiger partial charge < -0.3 is 9.47 Å². The van der Waals surface area contributed by atoms with Crippen LogP contribution in [0.1, 0.15) is 20.8 Å². The van der Waals surface area contributed by atoms with Crippen LogP contribution >= 0.6 is 0 Å². The molecule has 0 unspecified atom stereocenters. The Bertz CT molecular complexity index is 366. The number of hydrogen-bond donors (Lipinski definition) is 0. The molecule has 0 spiro atoms. The van der Waals surface area contributed by atoms with Crippen molar-refractivity contribution >= 4 is 23.5 Å². The summed E-state index contributed by atoms with van der Waals surface area (Å²) >= 11 is 0. The van der Waals surface area contributed by atoms with E-state index >= 15 is 0 Å². The molecule has 0 N–H and O–H groups in total. The molecule has 6 heteroatoms. The summed E-state index contributed by atoms with van der Waals surface area (Å²) in [4.78, 5) is 43.3. The second kappa shape index (κ2) is 7.32. The van der Waals surface area contributed by atoms with E-state index in [0.29, 0.717) is 0 Å². The molecule has 0 heterocycles. The first-order valence-corrected chi connectivity index (χ1v) is 4.84. The Morgan fingerprint density at radius 1 is 0.882 bits per heavy atom. The molecule has 17 heavy (non-hydrogen) atoms. The van der Waals surface area contributed by atoms with Crippen LogP contribution < -0.4 is 0 Å². The van der Waals surface area contributed by atoms with Crippen molar-refractivity contribution in [1.82, 2.24) is 0 Å². The number of Topliss-reactive ketones (excluding diaryl/α,β-unsaturated/α-hetero) is 2. The predicted molar refractivity (Wildman–Crippen MR) is 57.0 cm³/mol. The first-order valence-electron chi connectivity index (χ1n) is 4.84. The fourth-order valence-electron chi connectivity index (χ4n) is 0.731. The summed E-state index contributed by atoms with van der Waals surface area (Å²) in [6.45, 7) is 3.20. The summed E-state index contributed by atoms with van der Waals surface area (Å²) in [7, 11) is 0. The van der Waals surface area contributed by atoms with E-state index in [9.17, 15) is 19.2 Å². The third kappa shape index (κ3) is 7.89. The highest BCUT2D eigenvalue weighted by molar-refractivity contribution is 5.97. The van der Waals surface area contributed by atoms with Gasteiger partial charge in [-0.05, 0) is 20.8 Å². The Kier molecular flexibility index (Phi) is 6.47. The van der Waals surface area contributed by atoms with Crippen LogP contribution in [0.15, 0.2) is 11.6 Å². The van der Waals surface area contributed by atoms with Crippen molar-refractivity contribution in [3.8, 4) is 0 Å². The van der Waals surface area contributed by atoms with E-state index in [4.69, 9.17) is 0 Å². The maximum absolute atomic E-state index is 11.2. The van der Waals surface area contributed by atoms with E-state index in [1.807, 2.05) is 0 Å². The number of esters is 2. The fraction of sp³-hybridized carbons (Fsp3) is 0.455. The van der Waals surface area contributed by atoms with Crippen molar-refractivity contribution in [3.63, 3.8) is 0 Å². The first kappa shape index (κ1) is 15.0. The molecule has 0 aromatic rings. The van der Waals surface area contributed by atoms with Crippen LogP contribution in [-0.4, -0.2) is 36.7 Å². The molecule has 0 aromatic carbocycles. The minimum Gasteiger partial charge on any atom is -0.455 e. The van der Waals surface area contributed by atoms with Crippen molar-refractivity contribution in [2.24, 2.45) is 0 Å². The van der Waals surface area contributed by atoms with Crippen LogP contribution in [0.4, 0.5) is 0 Å². The van der Waals surface area contributed by atoms with Crippen molar-refractivity contribution in [3.05, 3.63) is 11.6 Å². The molecule has 0 aromatic heterocycles. The predicted octanol–water partition coefficient (Wildman–Crippen LogP) is 0.197. The van der Waals surface area contributed by atoms with Gasteiger partial charge in [-0.3, -0.25) is 9.59 Å². The minimum atomic E-state index is -0.808. The topological polar surface area (TPSA) is 86.7 Å². The van der Waals surface area contributed by atoms with Crippen LogP contribution in [0.3, 0.4) is 0 Å². The van der Waals surface area contributed by atoms with Gasteiger partial charge in [0, 0.05) is 11.6 Å². The van der Waals surface area contributed by atoms with Gasteiger partial charge in [0.1, 0.15) is 13.2 Å². The normalized spacial score (nSPS) is 10.6. The summed E-state index contributed by atoms with van der Waals surface area (Å²) in [5, 5.41) is 0. The van der Waals surface area contributed by atoms with Gasteiger partial charge >= 0.3 is 11.9 Å². The Balaban J connectivity index is 4.22. The SMILES string of the molecule is CC(=O)COC(=O)/C=C(/C)C(=O)OCC(C)=O. The zero-order valence-electron chi connectivity index (χ0n) is 9.94. The molecule has 0 saturated heterocycles. The Morgan fingerprint density at radius 2 is 1.35 bits per heavy atom. The van der Waals surface area contributed by atoms with Gasteiger partial charge in [0.15, 0.2) is 11.6 Å². The number of hydrogen-bond acceptors (Lipinski definition) is 6. The molecule has 0 aliphatic rings. The van der Waals surface area contributed by atoms with Crippen LogP contribution in [0.2, 0.25) is 0 Å². The van der Waals surface area contributed by atoms with Gasteiger partial charge in [-0.25, -0.2) is 9.59 Å². The van der Waals surface area contributed by atoms with E-state index in [-0.39, 0.29) is 30.4 Å². The zero-order valence-corrected chi connectivity index (χ0v) is 9.94. The maximum Gasteiger partial charge on any atom is 0.334 e. The van der Waals surface area contributed by atoms with Crippen LogP contribution in [0.5, 0.6) is 0 Å². The summed E-state index contributed by atoms with van der Waals surface area (Å²) in [5.74, 6) is -2.19. The van der Waals surface area contributed by atoms with Gasteiger partial charge in [-0.1, -0.05) is 0 Å². The number of carbonyl (C=O) groups excluding carboxylic acids is 4. The minimum absolute atomic E-state index is 0.000183. The Hall–Kier alpha value is -1.98. The van der Waals surface area contributed by atoms with Gasteiger partial charge in [0.05, 0.1) is 0 Å². The molecule has 0 saturated carbocycles. The van der Waals surface area contributed by atoms with Crippen molar-refractivity contribution < 1.29 is 28.7 Å². The fourth-order valence-corrected chi connectivity index (χ4v) is 0.731. The third-order valence-corrected chi connectivity index (χ3v) is 1.48. The molecule has 6 nitrogen and oxygen atoms in total. The molecule has 94 valence electrons. The Labute approximate surface area is 98.6 Å². The zero-order chi connectivity index (χ0) is 13.4. The highest BCUT2D eigenvalue weighted by atomic mass is 16.5. The van der Waals surface area contributed by atoms with Gasteiger partial charge in [0.2, 0.25) is 0 Å². The van der Waals surface area contributed by atoms with E-state index in [1.165, 1.54) is 20.8 Å². The van der Waals surface area contributed by atoms with Crippen LogP contribution in [0.25, 0.3) is 0 Å². The lowest BCUT2D eigenvalue weighted by Gasteiger charge is -2.02. The molecule has 0 aliphatic carbocycles. The van der Waals surface area contributed by atoms with Gasteiger partial charge in [0.25, 0.3) is 0 Å². The van der Waals surface area contributed by atoms with Crippen molar-refractivity contribution in [2.45, 2.75) is 20.8 Å². The van der Waals surface area contributed by atoms with Crippen LogP contribution in [-0.2, 0) is 28.7 Å². The summed E-state index contributed by atoms with van der Waals surface area (Å²) in [6.07, 6.45) is 0.908. The summed E-state index contributed by atoms with van der Waals surface area (Å²) < 4.78 is 9.07. The molecule has 0 atom stereocenters. The second-order valence-electron chi connectivity index (χ2n) is 3.42. The lowest BCUT2D eigenvalue weighted by atomic mass is 10.3. The lowest BCUT2D eigenvalue weighted by Crippen LogP contribution is -2.14. The van der Waals surface area contributed by atoms with E-state index < -0.39 is 11.9 Å². The summed E-state index contributed by atoms with van der Waals surface area (Å²) in [5.41, 5.74) is -0.000183. The van der Waals surface area contributed by atoms with Gasteiger partial charge in [-0.15, -0.1) is 0 Å².